The molecule has 98 valence electrons. The number of nitrogens with zero attached hydrogens (tertiary/aromatic N) is 2. The van der Waals surface area contributed by atoms with E-state index in [0.29, 0.717) is 16.9 Å². The minimum absolute atomic E-state index is 0.190. The van der Waals surface area contributed by atoms with E-state index >= 15 is 0 Å². The number of carbonyl (C=O) groups excluding carboxylic acids is 1. The van der Waals surface area contributed by atoms with Gasteiger partial charge in [-0.3, -0.25) is 14.8 Å². The molecule has 0 aliphatic carbocycles. The van der Waals surface area contributed by atoms with Crippen molar-refractivity contribution in [2.45, 2.75) is 6.92 Å². The average molecular weight is 321 g/mol. The van der Waals surface area contributed by atoms with E-state index in [1.165, 1.54) is 0 Å². The number of hydrogen-bond donors (Lipinski definition) is 2. The van der Waals surface area contributed by atoms with Crippen LogP contribution in [-0.4, -0.2) is 22.4 Å². The fraction of sp³-hybridized carbons (Fsp3) is 0.154. The quantitative estimate of drug-likeness (QED) is 0.909. The number of rotatable bonds is 4. The Morgan fingerprint density at radius 2 is 1.95 bits per heavy atom. The van der Waals surface area contributed by atoms with Gasteiger partial charge in [0.05, 0.1) is 27.6 Å². The molecule has 19 heavy (non-hydrogen) atoms. The van der Waals surface area contributed by atoms with Crippen LogP contribution in [0.4, 0.5) is 11.4 Å². The third kappa shape index (κ3) is 3.29. The lowest BCUT2D eigenvalue weighted by Gasteiger charge is -2.11. The summed E-state index contributed by atoms with van der Waals surface area (Å²) in [6.07, 6.45) is 6.49. The molecule has 0 aliphatic rings. The third-order valence-electron chi connectivity index (χ3n) is 2.45. The van der Waals surface area contributed by atoms with Gasteiger partial charge in [-0.15, -0.1) is 0 Å². The number of carbonyl (C=O) groups is 1. The highest BCUT2D eigenvalue weighted by Gasteiger charge is 2.12. The van der Waals surface area contributed by atoms with Crippen molar-refractivity contribution in [1.82, 2.24) is 9.97 Å². The first-order valence-electron chi connectivity index (χ1n) is 5.81. The minimum Gasteiger partial charge on any atom is -0.383 e. The van der Waals surface area contributed by atoms with E-state index in [2.05, 4.69) is 36.5 Å². The normalized spacial score (nSPS) is 10.0. The zero-order valence-electron chi connectivity index (χ0n) is 10.4. The lowest BCUT2D eigenvalue weighted by Crippen LogP contribution is -2.15. The van der Waals surface area contributed by atoms with Crippen molar-refractivity contribution in [2.75, 3.05) is 17.2 Å². The van der Waals surface area contributed by atoms with E-state index in [-0.39, 0.29) is 5.91 Å². The fourth-order valence-corrected chi connectivity index (χ4v) is 1.94. The van der Waals surface area contributed by atoms with Gasteiger partial charge in [-0.2, -0.15) is 0 Å². The number of hydrogen-bond acceptors (Lipinski definition) is 4. The highest BCUT2D eigenvalue weighted by Crippen LogP contribution is 2.22. The van der Waals surface area contributed by atoms with Gasteiger partial charge in [0.15, 0.2) is 0 Å². The Hall–Kier alpha value is -1.95. The molecule has 0 aromatic carbocycles. The van der Waals surface area contributed by atoms with E-state index in [0.717, 1.165) is 11.0 Å². The summed E-state index contributed by atoms with van der Waals surface area (Å²) < 4.78 is 0.738. The predicted molar refractivity (Wildman–Crippen MR) is 78.3 cm³/mol. The molecule has 1 amide bonds. The summed E-state index contributed by atoms with van der Waals surface area (Å²) in [4.78, 5) is 20.2. The molecular weight excluding hydrogens is 308 g/mol. The van der Waals surface area contributed by atoms with E-state index in [1.54, 1.807) is 36.9 Å². The molecule has 0 radical (unpaired) electrons. The maximum absolute atomic E-state index is 12.2. The maximum Gasteiger partial charge on any atom is 0.257 e. The molecule has 2 N–H and O–H groups in total. The van der Waals surface area contributed by atoms with Crippen molar-refractivity contribution in [3.8, 4) is 0 Å². The Labute approximate surface area is 119 Å². The smallest absolute Gasteiger partial charge is 0.257 e. The Morgan fingerprint density at radius 3 is 2.68 bits per heavy atom. The summed E-state index contributed by atoms with van der Waals surface area (Å²) in [7, 11) is 0. The first kappa shape index (κ1) is 13.5. The summed E-state index contributed by atoms with van der Waals surface area (Å²) in [5.74, 6) is -0.190. The first-order chi connectivity index (χ1) is 9.22. The van der Waals surface area contributed by atoms with Crippen LogP contribution in [0.5, 0.6) is 0 Å². The van der Waals surface area contributed by atoms with Crippen LogP contribution in [0, 0.1) is 0 Å². The lowest BCUT2D eigenvalue weighted by atomic mass is 10.2. The number of anilines is 2. The molecular formula is C13H13BrN4O. The van der Waals surface area contributed by atoms with Crippen LogP contribution in [0.25, 0.3) is 0 Å². The van der Waals surface area contributed by atoms with Crippen LogP contribution in [-0.2, 0) is 0 Å². The van der Waals surface area contributed by atoms with Gasteiger partial charge in [-0.25, -0.2) is 0 Å². The van der Waals surface area contributed by atoms with Crippen LogP contribution in [0.1, 0.15) is 17.3 Å². The summed E-state index contributed by atoms with van der Waals surface area (Å²) in [5.41, 5.74) is 1.95. The van der Waals surface area contributed by atoms with Crippen molar-refractivity contribution >= 4 is 33.2 Å². The summed E-state index contributed by atoms with van der Waals surface area (Å²) in [6, 6.07) is 3.42. The van der Waals surface area contributed by atoms with Crippen LogP contribution >= 0.6 is 15.9 Å². The van der Waals surface area contributed by atoms with Crippen LogP contribution in [0.3, 0.4) is 0 Å². The molecule has 0 bridgehead atoms. The van der Waals surface area contributed by atoms with Crippen LogP contribution in [0.2, 0.25) is 0 Å². The molecule has 0 unspecified atom stereocenters. The topological polar surface area (TPSA) is 66.9 Å². The Bertz CT molecular complexity index is 588. The van der Waals surface area contributed by atoms with Gasteiger partial charge < -0.3 is 10.6 Å². The maximum atomic E-state index is 12.2. The number of amides is 1. The van der Waals surface area contributed by atoms with Gasteiger partial charge in [0.2, 0.25) is 0 Å². The monoisotopic (exact) mass is 320 g/mol. The minimum atomic E-state index is -0.190. The second-order valence-electron chi connectivity index (χ2n) is 3.76. The van der Waals surface area contributed by atoms with Crippen molar-refractivity contribution in [1.29, 1.82) is 0 Å². The van der Waals surface area contributed by atoms with E-state index in [4.69, 9.17) is 0 Å². The molecule has 2 heterocycles. The van der Waals surface area contributed by atoms with Crippen LogP contribution in [0.15, 0.2) is 41.4 Å². The van der Waals surface area contributed by atoms with Gasteiger partial charge in [0.25, 0.3) is 5.91 Å². The second-order valence-corrected chi connectivity index (χ2v) is 4.62. The number of halogens is 1. The SMILES string of the molecule is CCNc1cnccc1C(=O)Nc1ccncc1Br. The molecule has 0 saturated carbocycles. The number of nitrogens with one attached hydrogen (secondary N) is 2. The molecule has 2 rings (SSSR count). The summed E-state index contributed by atoms with van der Waals surface area (Å²) in [6.45, 7) is 2.69. The summed E-state index contributed by atoms with van der Waals surface area (Å²) in [5, 5.41) is 5.94. The zero-order valence-corrected chi connectivity index (χ0v) is 11.9. The van der Waals surface area contributed by atoms with Crippen molar-refractivity contribution in [3.63, 3.8) is 0 Å². The molecule has 0 saturated heterocycles. The molecule has 0 fully saturated rings. The Morgan fingerprint density at radius 1 is 1.21 bits per heavy atom. The molecule has 2 aromatic heterocycles. The molecule has 6 heteroatoms. The van der Waals surface area contributed by atoms with Gasteiger partial charge in [0, 0.05) is 25.1 Å². The van der Waals surface area contributed by atoms with E-state index in [1.807, 2.05) is 6.92 Å². The second kappa shape index (κ2) is 6.29. The standard InChI is InChI=1S/C13H13BrN4O/c1-2-17-12-8-16-5-3-9(12)13(19)18-11-4-6-15-7-10(11)14/h3-8,17H,2H2,1H3,(H,15,18,19). The molecule has 2 aromatic rings. The average Bonchev–Trinajstić information content (AvgIpc) is 2.42. The van der Waals surface area contributed by atoms with Crippen molar-refractivity contribution < 1.29 is 4.79 Å². The predicted octanol–water partition coefficient (Wildman–Crippen LogP) is 2.92. The number of pyridine rings is 2. The fourth-order valence-electron chi connectivity index (χ4n) is 1.59. The van der Waals surface area contributed by atoms with Crippen molar-refractivity contribution in [2.24, 2.45) is 0 Å². The van der Waals surface area contributed by atoms with E-state index in [9.17, 15) is 4.79 Å². The Balaban J connectivity index is 2.23. The largest absolute Gasteiger partial charge is 0.383 e. The lowest BCUT2D eigenvalue weighted by molar-refractivity contribution is 0.102. The highest BCUT2D eigenvalue weighted by atomic mass is 79.9. The van der Waals surface area contributed by atoms with E-state index < -0.39 is 0 Å². The highest BCUT2D eigenvalue weighted by molar-refractivity contribution is 9.10. The van der Waals surface area contributed by atoms with Crippen molar-refractivity contribution in [3.05, 3.63) is 47.0 Å². The number of aromatic nitrogens is 2. The summed E-state index contributed by atoms with van der Waals surface area (Å²) >= 11 is 3.34. The first-order valence-corrected chi connectivity index (χ1v) is 6.60. The van der Waals surface area contributed by atoms with Gasteiger partial charge in [-0.1, -0.05) is 0 Å². The van der Waals surface area contributed by atoms with Crippen LogP contribution < -0.4 is 10.6 Å². The zero-order chi connectivity index (χ0) is 13.7. The molecule has 0 atom stereocenters. The van der Waals surface area contributed by atoms with Gasteiger partial charge >= 0.3 is 0 Å². The molecule has 0 aliphatic heterocycles. The molecule has 0 spiro atoms. The Kier molecular flexibility index (Phi) is 4.46. The third-order valence-corrected chi connectivity index (χ3v) is 3.09. The van der Waals surface area contributed by atoms with Gasteiger partial charge in [0.1, 0.15) is 0 Å². The molecule has 5 nitrogen and oxygen atoms in total. The van der Waals surface area contributed by atoms with Gasteiger partial charge in [-0.05, 0) is 35.0 Å².